The maximum absolute atomic E-state index is 14.3. The van der Waals surface area contributed by atoms with Crippen LogP contribution >= 0.6 is 0 Å². The molecule has 2 aliphatic rings. The highest BCUT2D eigenvalue weighted by molar-refractivity contribution is 5.63. The molecular formula is C16H23FN2O. The molecule has 2 fully saturated rings. The van der Waals surface area contributed by atoms with Crippen LogP contribution in [-0.2, 0) is 0 Å². The van der Waals surface area contributed by atoms with Gasteiger partial charge in [0.15, 0.2) is 0 Å². The molecule has 0 unspecified atom stereocenters. The minimum atomic E-state index is -0.227. The number of benzene rings is 1. The van der Waals surface area contributed by atoms with Crippen LogP contribution in [0, 0.1) is 11.7 Å². The zero-order valence-electron chi connectivity index (χ0n) is 12.1. The van der Waals surface area contributed by atoms with E-state index in [1.54, 1.807) is 13.2 Å². The second kappa shape index (κ2) is 5.51. The van der Waals surface area contributed by atoms with Crippen molar-refractivity contribution >= 4 is 11.4 Å². The molecule has 3 nitrogen and oxygen atoms in total. The highest BCUT2D eigenvalue weighted by Gasteiger charge is 2.34. The van der Waals surface area contributed by atoms with Gasteiger partial charge < -0.3 is 15.4 Å². The van der Waals surface area contributed by atoms with Gasteiger partial charge in [0.1, 0.15) is 11.6 Å². The molecule has 0 spiro atoms. The fourth-order valence-electron chi connectivity index (χ4n) is 3.88. The Morgan fingerprint density at radius 2 is 1.95 bits per heavy atom. The van der Waals surface area contributed by atoms with Gasteiger partial charge in [0.25, 0.3) is 0 Å². The molecular weight excluding hydrogens is 255 g/mol. The molecule has 0 aromatic heterocycles. The monoisotopic (exact) mass is 278 g/mol. The molecule has 1 aromatic rings. The molecule has 0 amide bonds. The summed E-state index contributed by atoms with van der Waals surface area (Å²) in [6.07, 6.45) is 7.47. The summed E-state index contributed by atoms with van der Waals surface area (Å²) in [5.41, 5.74) is 6.81. The van der Waals surface area contributed by atoms with Crippen molar-refractivity contribution in [3.8, 4) is 5.75 Å². The Hall–Kier alpha value is -1.45. The molecule has 1 aromatic carbocycles. The van der Waals surface area contributed by atoms with Crippen LogP contribution in [-0.4, -0.2) is 19.7 Å². The molecule has 0 bridgehead atoms. The lowest BCUT2D eigenvalue weighted by molar-refractivity contribution is 0.242. The largest absolute Gasteiger partial charge is 0.495 e. The van der Waals surface area contributed by atoms with Crippen molar-refractivity contribution in [2.24, 2.45) is 5.92 Å². The first-order valence-corrected chi connectivity index (χ1v) is 7.60. The lowest BCUT2D eigenvalue weighted by Gasteiger charge is -2.45. The first kappa shape index (κ1) is 13.5. The van der Waals surface area contributed by atoms with Crippen molar-refractivity contribution in [2.45, 2.75) is 44.6 Å². The number of ether oxygens (including phenoxy) is 1. The van der Waals surface area contributed by atoms with Crippen LogP contribution in [0.15, 0.2) is 12.1 Å². The van der Waals surface area contributed by atoms with Crippen molar-refractivity contribution in [1.29, 1.82) is 0 Å². The fraction of sp³-hybridized carbons (Fsp3) is 0.625. The topological polar surface area (TPSA) is 38.5 Å². The number of hydrogen-bond donors (Lipinski definition) is 1. The average Bonchev–Trinajstić information content (AvgIpc) is 2.47. The van der Waals surface area contributed by atoms with Gasteiger partial charge in [-0.3, -0.25) is 0 Å². The number of rotatable bonds is 2. The summed E-state index contributed by atoms with van der Waals surface area (Å²) in [6.45, 7) is 0.936. The summed E-state index contributed by atoms with van der Waals surface area (Å²) in [5.74, 6) is 1.06. The molecule has 3 rings (SSSR count). The average molecular weight is 278 g/mol. The molecule has 1 aliphatic heterocycles. The predicted octanol–water partition coefficient (Wildman–Crippen LogP) is 3.58. The quantitative estimate of drug-likeness (QED) is 0.840. The van der Waals surface area contributed by atoms with Crippen LogP contribution in [0.3, 0.4) is 0 Å². The zero-order valence-corrected chi connectivity index (χ0v) is 12.1. The van der Waals surface area contributed by atoms with Crippen LogP contribution in [0.4, 0.5) is 15.8 Å². The zero-order chi connectivity index (χ0) is 14.1. The van der Waals surface area contributed by atoms with Gasteiger partial charge in [0.2, 0.25) is 0 Å². The van der Waals surface area contributed by atoms with Gasteiger partial charge in [-0.2, -0.15) is 0 Å². The predicted molar refractivity (Wildman–Crippen MR) is 79.7 cm³/mol. The maximum Gasteiger partial charge on any atom is 0.148 e. The molecule has 2 N–H and O–H groups in total. The Bertz CT molecular complexity index is 490. The Morgan fingerprint density at radius 1 is 1.20 bits per heavy atom. The van der Waals surface area contributed by atoms with Gasteiger partial charge in [0, 0.05) is 24.7 Å². The Balaban J connectivity index is 1.94. The first-order valence-electron chi connectivity index (χ1n) is 7.60. The molecule has 110 valence electrons. The van der Waals surface area contributed by atoms with Crippen molar-refractivity contribution in [3.05, 3.63) is 17.9 Å². The van der Waals surface area contributed by atoms with Crippen LogP contribution in [0.25, 0.3) is 0 Å². The van der Waals surface area contributed by atoms with Gasteiger partial charge in [-0.05, 0) is 31.6 Å². The molecule has 1 saturated heterocycles. The number of halogens is 1. The van der Waals surface area contributed by atoms with E-state index in [4.69, 9.17) is 10.5 Å². The van der Waals surface area contributed by atoms with Gasteiger partial charge in [-0.15, -0.1) is 0 Å². The highest BCUT2D eigenvalue weighted by atomic mass is 19.1. The Morgan fingerprint density at radius 3 is 2.75 bits per heavy atom. The van der Waals surface area contributed by atoms with E-state index in [1.807, 2.05) is 0 Å². The molecule has 1 heterocycles. The van der Waals surface area contributed by atoms with Crippen molar-refractivity contribution < 1.29 is 9.13 Å². The smallest absolute Gasteiger partial charge is 0.148 e. The summed E-state index contributed by atoms with van der Waals surface area (Å²) >= 11 is 0. The van der Waals surface area contributed by atoms with Gasteiger partial charge >= 0.3 is 0 Å². The Kier molecular flexibility index (Phi) is 3.72. The normalized spacial score (nSPS) is 26.2. The number of nitrogen functional groups attached to an aromatic ring is 1. The lowest BCUT2D eigenvalue weighted by atomic mass is 9.78. The van der Waals surface area contributed by atoms with E-state index >= 15 is 0 Å². The number of anilines is 2. The van der Waals surface area contributed by atoms with Crippen LogP contribution < -0.4 is 15.4 Å². The number of methoxy groups -OCH3 is 1. The fourth-order valence-corrected chi connectivity index (χ4v) is 3.88. The maximum atomic E-state index is 14.3. The van der Waals surface area contributed by atoms with E-state index in [2.05, 4.69) is 4.90 Å². The molecule has 0 radical (unpaired) electrons. The van der Waals surface area contributed by atoms with E-state index in [0.717, 1.165) is 18.9 Å². The third-order valence-electron chi connectivity index (χ3n) is 4.85. The molecule has 4 heteroatoms. The van der Waals surface area contributed by atoms with E-state index in [9.17, 15) is 4.39 Å². The van der Waals surface area contributed by atoms with Gasteiger partial charge in [-0.25, -0.2) is 4.39 Å². The standard InChI is InChI=1S/C16H23FN2O/c1-20-16-10-15(12(17)9-13(16)18)19-8-4-6-11-5-2-3-7-14(11)19/h9-11,14H,2-8,18H2,1H3/t11-,14-/m1/s1. The summed E-state index contributed by atoms with van der Waals surface area (Å²) in [4.78, 5) is 2.25. The number of fused-ring (bicyclic) bond motifs is 1. The third-order valence-corrected chi connectivity index (χ3v) is 4.85. The number of piperidine rings is 1. The molecule has 20 heavy (non-hydrogen) atoms. The minimum absolute atomic E-state index is 0.227. The summed E-state index contributed by atoms with van der Waals surface area (Å²) in [6, 6.07) is 3.64. The second-order valence-electron chi connectivity index (χ2n) is 5.99. The highest BCUT2D eigenvalue weighted by Crippen LogP contribution is 2.40. The minimum Gasteiger partial charge on any atom is -0.495 e. The second-order valence-corrected chi connectivity index (χ2v) is 5.99. The lowest BCUT2D eigenvalue weighted by Crippen LogP contribution is -2.47. The van der Waals surface area contributed by atoms with E-state index in [0.29, 0.717) is 23.2 Å². The van der Waals surface area contributed by atoms with E-state index in [-0.39, 0.29) is 5.82 Å². The SMILES string of the molecule is COc1cc(N2CCC[C@H]3CCCC[C@H]32)c(F)cc1N. The molecule has 1 saturated carbocycles. The van der Waals surface area contributed by atoms with Crippen LogP contribution in [0.2, 0.25) is 0 Å². The van der Waals surface area contributed by atoms with Gasteiger partial charge in [-0.1, -0.05) is 12.8 Å². The number of nitrogens with two attached hydrogens (primary N) is 1. The summed E-state index contributed by atoms with van der Waals surface area (Å²) < 4.78 is 19.6. The summed E-state index contributed by atoms with van der Waals surface area (Å²) in [7, 11) is 1.58. The number of hydrogen-bond acceptors (Lipinski definition) is 3. The van der Waals surface area contributed by atoms with Crippen molar-refractivity contribution in [3.63, 3.8) is 0 Å². The van der Waals surface area contributed by atoms with Crippen molar-refractivity contribution in [1.82, 2.24) is 0 Å². The summed E-state index contributed by atoms with van der Waals surface area (Å²) in [5, 5.41) is 0. The van der Waals surface area contributed by atoms with E-state index in [1.165, 1.54) is 38.2 Å². The number of nitrogens with zero attached hydrogens (tertiary/aromatic N) is 1. The van der Waals surface area contributed by atoms with E-state index < -0.39 is 0 Å². The third kappa shape index (κ3) is 2.32. The molecule has 2 atom stereocenters. The van der Waals surface area contributed by atoms with Crippen molar-refractivity contribution in [2.75, 3.05) is 24.3 Å². The first-order chi connectivity index (χ1) is 9.70. The molecule has 1 aliphatic carbocycles. The van der Waals surface area contributed by atoms with Gasteiger partial charge in [0.05, 0.1) is 18.5 Å². The van der Waals surface area contributed by atoms with Crippen LogP contribution in [0.5, 0.6) is 5.75 Å². The van der Waals surface area contributed by atoms with Crippen LogP contribution in [0.1, 0.15) is 38.5 Å². The Labute approximate surface area is 119 Å².